The van der Waals surface area contributed by atoms with Gasteiger partial charge in [0.1, 0.15) is 11.2 Å². The Hall–Kier alpha value is -2.42. The lowest BCUT2D eigenvalue weighted by atomic mass is 10.1. The summed E-state index contributed by atoms with van der Waals surface area (Å²) in [6.45, 7) is 12.2. The van der Waals surface area contributed by atoms with Crippen molar-refractivity contribution in [3.05, 3.63) is 17.2 Å². The van der Waals surface area contributed by atoms with E-state index < -0.39 is 29.2 Å². The Balaban J connectivity index is 3.04. The zero-order chi connectivity index (χ0) is 20.8. The van der Waals surface area contributed by atoms with Crippen molar-refractivity contribution >= 4 is 40.1 Å². The van der Waals surface area contributed by atoms with Crippen LogP contribution in [0.15, 0.2) is 11.5 Å². The highest BCUT2D eigenvalue weighted by Crippen LogP contribution is 2.24. The highest BCUT2D eigenvalue weighted by Gasteiger charge is 2.23. The number of amides is 1. The van der Waals surface area contributed by atoms with Gasteiger partial charge in [-0.05, 0) is 48.5 Å². The van der Waals surface area contributed by atoms with Gasteiger partial charge in [0.15, 0.2) is 5.13 Å². The normalized spacial score (nSPS) is 12.3. The van der Waals surface area contributed by atoms with Crippen molar-refractivity contribution in [2.24, 2.45) is 0 Å². The predicted molar refractivity (Wildman–Crippen MR) is 102 cm³/mol. The molecule has 1 aromatic rings. The highest BCUT2D eigenvalue weighted by atomic mass is 32.1. The molecule has 150 valence electrons. The van der Waals surface area contributed by atoms with Gasteiger partial charge in [-0.25, -0.2) is 19.4 Å². The number of nitrogens with zero attached hydrogens (tertiary/aromatic N) is 1. The molecule has 1 heterocycles. The molecule has 0 unspecified atom stereocenters. The second-order valence-electron chi connectivity index (χ2n) is 7.48. The fraction of sp³-hybridized carbons (Fsp3) is 0.556. The summed E-state index contributed by atoms with van der Waals surface area (Å²) in [5.74, 6) is -1.40. The van der Waals surface area contributed by atoms with E-state index in [1.807, 2.05) is 0 Å². The molecule has 0 aliphatic carbocycles. The van der Waals surface area contributed by atoms with Gasteiger partial charge in [0.25, 0.3) is 0 Å². The molecule has 1 rings (SSSR count). The standard InChI is InChI=1S/C18H26N2O6S/c1-8-24-14(22)11(9-13(21)25-17(2,3)4)12-10-27-15(19-12)20-16(23)26-18(5,6)7/h9-10H,8H2,1-7H3,(H,19,20,23)/b11-9-. The number of anilines is 1. The molecular formula is C18H26N2O6S. The second kappa shape index (κ2) is 8.98. The second-order valence-corrected chi connectivity index (χ2v) is 8.33. The molecule has 0 atom stereocenters. The minimum atomic E-state index is -0.711. The first kappa shape index (κ1) is 22.6. The van der Waals surface area contributed by atoms with Crippen LogP contribution in [-0.4, -0.2) is 40.8 Å². The number of nitrogens with one attached hydrogen (secondary N) is 1. The van der Waals surface area contributed by atoms with Crippen LogP contribution in [0.4, 0.5) is 9.93 Å². The molecule has 0 fully saturated rings. The minimum absolute atomic E-state index is 0.0559. The molecule has 8 nitrogen and oxygen atoms in total. The van der Waals surface area contributed by atoms with Gasteiger partial charge in [-0.15, -0.1) is 11.3 Å². The van der Waals surface area contributed by atoms with Crippen molar-refractivity contribution in [1.29, 1.82) is 0 Å². The Labute approximate surface area is 162 Å². The summed E-state index contributed by atoms with van der Waals surface area (Å²) < 4.78 is 15.3. The minimum Gasteiger partial charge on any atom is -0.462 e. The third-order valence-electron chi connectivity index (χ3n) is 2.55. The maximum Gasteiger partial charge on any atom is 0.413 e. The first-order valence-electron chi connectivity index (χ1n) is 8.38. The van der Waals surface area contributed by atoms with Crippen molar-refractivity contribution in [3.8, 4) is 0 Å². The fourth-order valence-corrected chi connectivity index (χ4v) is 2.44. The Bertz CT molecular complexity index is 725. The molecule has 27 heavy (non-hydrogen) atoms. The van der Waals surface area contributed by atoms with Gasteiger partial charge < -0.3 is 14.2 Å². The van der Waals surface area contributed by atoms with Gasteiger partial charge in [-0.2, -0.15) is 0 Å². The number of carbonyl (C=O) groups excluding carboxylic acids is 3. The van der Waals surface area contributed by atoms with Gasteiger partial charge >= 0.3 is 18.0 Å². The van der Waals surface area contributed by atoms with Crippen molar-refractivity contribution in [2.75, 3.05) is 11.9 Å². The van der Waals surface area contributed by atoms with E-state index in [4.69, 9.17) is 14.2 Å². The van der Waals surface area contributed by atoms with Gasteiger partial charge in [0.2, 0.25) is 0 Å². The predicted octanol–water partition coefficient (Wildman–Crippen LogP) is 3.78. The van der Waals surface area contributed by atoms with E-state index in [9.17, 15) is 14.4 Å². The monoisotopic (exact) mass is 398 g/mol. The molecule has 0 radical (unpaired) electrons. The SMILES string of the molecule is CCOC(=O)/C(=C\C(=O)OC(C)(C)C)c1csc(NC(=O)OC(C)(C)C)n1. The summed E-state index contributed by atoms with van der Waals surface area (Å²) in [4.78, 5) is 40.3. The van der Waals surface area contributed by atoms with E-state index in [1.54, 1.807) is 48.5 Å². The quantitative estimate of drug-likeness (QED) is 0.457. The molecule has 0 aromatic carbocycles. The zero-order valence-corrected chi connectivity index (χ0v) is 17.5. The summed E-state index contributed by atoms with van der Waals surface area (Å²) in [5.41, 5.74) is -1.23. The number of rotatable bonds is 5. The van der Waals surface area contributed by atoms with E-state index in [2.05, 4.69) is 10.3 Å². The molecule has 1 N–H and O–H groups in total. The lowest BCUT2D eigenvalue weighted by Crippen LogP contribution is -2.27. The number of esters is 2. The van der Waals surface area contributed by atoms with Crippen LogP contribution < -0.4 is 5.32 Å². The third-order valence-corrected chi connectivity index (χ3v) is 3.31. The van der Waals surface area contributed by atoms with Crippen molar-refractivity contribution < 1.29 is 28.6 Å². The summed E-state index contributed by atoms with van der Waals surface area (Å²) in [6.07, 6.45) is 0.368. The Morgan fingerprint density at radius 1 is 1.11 bits per heavy atom. The Morgan fingerprint density at radius 2 is 1.70 bits per heavy atom. The molecule has 0 saturated carbocycles. The number of hydrogen-bond acceptors (Lipinski definition) is 8. The van der Waals surface area contributed by atoms with E-state index in [1.165, 1.54) is 5.38 Å². The molecule has 9 heteroatoms. The van der Waals surface area contributed by atoms with Crippen LogP contribution in [0.25, 0.3) is 5.57 Å². The van der Waals surface area contributed by atoms with Crippen molar-refractivity contribution in [2.45, 2.75) is 59.7 Å². The summed E-state index contributed by atoms with van der Waals surface area (Å²) >= 11 is 1.08. The smallest absolute Gasteiger partial charge is 0.413 e. The first-order valence-corrected chi connectivity index (χ1v) is 9.26. The average Bonchev–Trinajstić information content (AvgIpc) is 2.88. The lowest BCUT2D eigenvalue weighted by Gasteiger charge is -2.19. The van der Waals surface area contributed by atoms with E-state index in [-0.39, 0.29) is 23.0 Å². The molecule has 0 aliphatic rings. The largest absolute Gasteiger partial charge is 0.462 e. The molecular weight excluding hydrogens is 372 g/mol. The summed E-state index contributed by atoms with van der Waals surface area (Å²) in [7, 11) is 0. The molecule has 0 aliphatic heterocycles. The van der Waals surface area contributed by atoms with Crippen LogP contribution in [0.2, 0.25) is 0 Å². The highest BCUT2D eigenvalue weighted by molar-refractivity contribution is 7.14. The van der Waals surface area contributed by atoms with Crippen molar-refractivity contribution in [3.63, 3.8) is 0 Å². The number of hydrogen-bond donors (Lipinski definition) is 1. The van der Waals surface area contributed by atoms with E-state index >= 15 is 0 Å². The van der Waals surface area contributed by atoms with Crippen LogP contribution in [0.5, 0.6) is 0 Å². The Kier molecular flexibility index (Phi) is 7.53. The lowest BCUT2D eigenvalue weighted by molar-refractivity contribution is -0.149. The van der Waals surface area contributed by atoms with Gasteiger partial charge in [-0.1, -0.05) is 0 Å². The maximum atomic E-state index is 12.2. The molecule has 1 aromatic heterocycles. The van der Waals surface area contributed by atoms with E-state index in [0.717, 1.165) is 17.4 Å². The van der Waals surface area contributed by atoms with E-state index in [0.29, 0.717) is 0 Å². The number of thiazole rings is 1. The molecule has 0 bridgehead atoms. The topological polar surface area (TPSA) is 104 Å². The summed E-state index contributed by atoms with van der Waals surface area (Å²) in [6, 6.07) is 0. The van der Waals surface area contributed by atoms with Gasteiger partial charge in [0, 0.05) is 11.5 Å². The average molecular weight is 398 g/mol. The van der Waals surface area contributed by atoms with Crippen LogP contribution >= 0.6 is 11.3 Å². The fourth-order valence-electron chi connectivity index (χ4n) is 1.74. The zero-order valence-electron chi connectivity index (χ0n) is 16.7. The number of aromatic nitrogens is 1. The maximum absolute atomic E-state index is 12.2. The Morgan fingerprint density at radius 3 is 2.22 bits per heavy atom. The number of ether oxygens (including phenoxy) is 3. The van der Waals surface area contributed by atoms with Crippen LogP contribution in [0, 0.1) is 0 Å². The summed E-state index contributed by atoms with van der Waals surface area (Å²) in [5, 5.41) is 4.24. The molecule has 1 amide bonds. The van der Waals surface area contributed by atoms with Crippen LogP contribution in [0.1, 0.15) is 54.2 Å². The van der Waals surface area contributed by atoms with Crippen molar-refractivity contribution in [1.82, 2.24) is 4.98 Å². The molecule has 0 saturated heterocycles. The van der Waals surface area contributed by atoms with Crippen LogP contribution in [-0.2, 0) is 23.8 Å². The van der Waals surface area contributed by atoms with Gasteiger partial charge in [-0.3, -0.25) is 5.32 Å². The van der Waals surface area contributed by atoms with Crippen LogP contribution in [0.3, 0.4) is 0 Å². The van der Waals surface area contributed by atoms with Gasteiger partial charge in [0.05, 0.1) is 17.9 Å². The number of carbonyl (C=O) groups is 3. The molecule has 0 spiro atoms. The third kappa shape index (κ3) is 8.67. The first-order chi connectivity index (χ1) is 12.3.